The Morgan fingerprint density at radius 1 is 1.07 bits per heavy atom. The third kappa shape index (κ3) is 6.06. The van der Waals surface area contributed by atoms with Crippen LogP contribution in [-0.4, -0.2) is 33.0 Å². The van der Waals surface area contributed by atoms with E-state index >= 15 is 4.39 Å². The van der Waals surface area contributed by atoms with Gasteiger partial charge >= 0.3 is 0 Å². The van der Waals surface area contributed by atoms with Crippen LogP contribution in [0.1, 0.15) is 49.8 Å². The average molecular weight is 557 g/mol. The van der Waals surface area contributed by atoms with E-state index in [0.29, 0.717) is 51.6 Å². The fourth-order valence-electron chi connectivity index (χ4n) is 4.98. The van der Waals surface area contributed by atoms with Crippen LogP contribution in [0.25, 0.3) is 22.3 Å². The molecule has 2 heterocycles. The smallest absolute Gasteiger partial charge is 0.280 e. The maximum Gasteiger partial charge on any atom is 0.280 e. The summed E-state index contributed by atoms with van der Waals surface area (Å²) in [4.78, 5) is 27.6. The van der Waals surface area contributed by atoms with Crippen molar-refractivity contribution in [2.45, 2.75) is 59.6 Å². The molecular weight excluding hydrogens is 523 g/mol. The first-order chi connectivity index (χ1) is 19.7. The SMILES string of the molecule is CCCc1nc(C)c(-c2ccc(OC(C)C)cc2)c(=O)n1Cc1ccc(-c2ccccc2C2=NC(O)ON2)c(F)c1. The van der Waals surface area contributed by atoms with Gasteiger partial charge in [-0.05, 0) is 62.1 Å². The lowest BCUT2D eigenvalue weighted by molar-refractivity contribution is -0.102. The monoisotopic (exact) mass is 556 g/mol. The molecule has 8 nitrogen and oxygen atoms in total. The standard InChI is InChI=1S/C32H33FN4O4/c1-5-8-28-34-20(4)29(22-12-14-23(15-13-22)40-19(2)3)31(38)37(28)18-21-11-16-25(27(33)17-21)24-9-6-7-10-26(24)30-35-32(39)41-36-30/h6-7,9-17,19,32,39H,5,8,18H2,1-4H3,(H,35,36). The van der Waals surface area contributed by atoms with E-state index in [-0.39, 0.29) is 18.2 Å². The van der Waals surface area contributed by atoms with Gasteiger partial charge in [-0.1, -0.05) is 55.5 Å². The molecule has 0 saturated carbocycles. The number of amidine groups is 1. The van der Waals surface area contributed by atoms with Gasteiger partial charge in [0, 0.05) is 17.5 Å². The summed E-state index contributed by atoms with van der Waals surface area (Å²) in [7, 11) is 0. The molecule has 1 aromatic heterocycles. The molecule has 0 fully saturated rings. The summed E-state index contributed by atoms with van der Waals surface area (Å²) < 4.78 is 23.0. The van der Waals surface area contributed by atoms with E-state index < -0.39 is 12.2 Å². The zero-order valence-electron chi connectivity index (χ0n) is 23.5. The highest BCUT2D eigenvalue weighted by Crippen LogP contribution is 2.29. The van der Waals surface area contributed by atoms with Crippen LogP contribution in [0.15, 0.2) is 76.5 Å². The maximum absolute atomic E-state index is 15.6. The van der Waals surface area contributed by atoms with E-state index in [2.05, 4.69) is 10.5 Å². The van der Waals surface area contributed by atoms with Crippen LogP contribution in [0.5, 0.6) is 5.75 Å². The van der Waals surface area contributed by atoms with Crippen molar-refractivity contribution in [3.05, 3.63) is 106 Å². The molecule has 0 spiro atoms. The van der Waals surface area contributed by atoms with Crippen LogP contribution in [-0.2, 0) is 17.8 Å². The number of aliphatic hydroxyl groups is 1. The van der Waals surface area contributed by atoms with Crippen molar-refractivity contribution in [3.63, 3.8) is 0 Å². The van der Waals surface area contributed by atoms with Crippen molar-refractivity contribution in [2.75, 3.05) is 0 Å². The Hall–Kier alpha value is -4.34. The maximum atomic E-state index is 15.6. The highest BCUT2D eigenvalue weighted by atomic mass is 19.1. The molecule has 1 aliphatic heterocycles. The van der Waals surface area contributed by atoms with Gasteiger partial charge in [-0.25, -0.2) is 24.7 Å². The van der Waals surface area contributed by atoms with E-state index in [0.717, 1.165) is 17.7 Å². The third-order valence-electron chi connectivity index (χ3n) is 6.76. The average Bonchev–Trinajstić information content (AvgIpc) is 3.38. The van der Waals surface area contributed by atoms with Gasteiger partial charge in [0.25, 0.3) is 12.0 Å². The number of hydroxylamine groups is 1. The number of nitrogens with zero attached hydrogens (tertiary/aromatic N) is 3. The number of aromatic nitrogens is 2. The summed E-state index contributed by atoms with van der Waals surface area (Å²) in [6.07, 6.45) is 0.159. The van der Waals surface area contributed by atoms with Crippen LogP contribution in [0.2, 0.25) is 0 Å². The number of aliphatic imine (C=N–C) groups is 1. The van der Waals surface area contributed by atoms with E-state index in [1.54, 1.807) is 34.9 Å². The predicted molar refractivity (Wildman–Crippen MR) is 156 cm³/mol. The van der Waals surface area contributed by atoms with Crippen molar-refractivity contribution in [1.29, 1.82) is 0 Å². The van der Waals surface area contributed by atoms with E-state index in [4.69, 9.17) is 14.6 Å². The van der Waals surface area contributed by atoms with Crippen LogP contribution >= 0.6 is 0 Å². The fourth-order valence-corrected chi connectivity index (χ4v) is 4.98. The van der Waals surface area contributed by atoms with Gasteiger partial charge < -0.3 is 9.84 Å². The largest absolute Gasteiger partial charge is 0.491 e. The minimum Gasteiger partial charge on any atom is -0.491 e. The highest BCUT2D eigenvalue weighted by molar-refractivity contribution is 6.04. The van der Waals surface area contributed by atoms with Crippen molar-refractivity contribution >= 4 is 5.84 Å². The summed E-state index contributed by atoms with van der Waals surface area (Å²) in [5.41, 5.74) is 6.52. The Bertz CT molecular complexity index is 1650. The van der Waals surface area contributed by atoms with Crippen molar-refractivity contribution in [2.24, 2.45) is 4.99 Å². The molecule has 0 aliphatic carbocycles. The van der Waals surface area contributed by atoms with Crippen molar-refractivity contribution < 1.29 is 19.1 Å². The summed E-state index contributed by atoms with van der Waals surface area (Å²) in [6.45, 7) is 7.98. The van der Waals surface area contributed by atoms with Gasteiger partial charge in [-0.2, -0.15) is 0 Å². The molecule has 1 unspecified atom stereocenters. The summed E-state index contributed by atoms with van der Waals surface area (Å²) in [5.74, 6) is 1.27. The van der Waals surface area contributed by atoms with E-state index in [1.807, 2.05) is 58.0 Å². The van der Waals surface area contributed by atoms with E-state index in [9.17, 15) is 9.90 Å². The molecule has 0 bridgehead atoms. The number of aryl methyl sites for hydroxylation is 2. The van der Waals surface area contributed by atoms with Gasteiger partial charge in [0.15, 0.2) is 5.84 Å². The summed E-state index contributed by atoms with van der Waals surface area (Å²) in [5, 5.41) is 9.60. The number of hydrogen-bond acceptors (Lipinski definition) is 7. The second-order valence-electron chi connectivity index (χ2n) is 10.2. The third-order valence-corrected chi connectivity index (χ3v) is 6.76. The molecule has 0 radical (unpaired) electrons. The summed E-state index contributed by atoms with van der Waals surface area (Å²) >= 11 is 0. The van der Waals surface area contributed by atoms with Gasteiger partial charge in [0.2, 0.25) is 0 Å². The topological polar surface area (TPSA) is 98.0 Å². The molecule has 41 heavy (non-hydrogen) atoms. The quantitative estimate of drug-likeness (QED) is 0.288. The number of hydrogen-bond donors (Lipinski definition) is 2. The minimum absolute atomic E-state index is 0.0464. The predicted octanol–water partition coefficient (Wildman–Crippen LogP) is 5.37. The lowest BCUT2D eigenvalue weighted by Gasteiger charge is -2.17. The lowest BCUT2D eigenvalue weighted by Crippen LogP contribution is -2.28. The Balaban J connectivity index is 1.51. The first-order valence-electron chi connectivity index (χ1n) is 13.7. The normalized spacial score (nSPS) is 14.7. The van der Waals surface area contributed by atoms with Gasteiger partial charge in [0.05, 0.1) is 23.9 Å². The fraction of sp³-hybridized carbons (Fsp3) is 0.281. The number of nitrogens with one attached hydrogen (secondary N) is 1. The minimum atomic E-state index is -1.32. The van der Waals surface area contributed by atoms with Gasteiger partial charge in [0.1, 0.15) is 17.4 Å². The molecule has 2 N–H and O–H groups in total. The molecule has 1 atom stereocenters. The second kappa shape index (κ2) is 12.0. The van der Waals surface area contributed by atoms with Crippen LogP contribution in [0.3, 0.4) is 0 Å². The number of halogens is 1. The molecule has 9 heteroatoms. The Morgan fingerprint density at radius 2 is 1.80 bits per heavy atom. The second-order valence-corrected chi connectivity index (χ2v) is 10.2. The van der Waals surface area contributed by atoms with Crippen LogP contribution in [0, 0.1) is 12.7 Å². The molecule has 0 amide bonds. The number of rotatable bonds is 9. The zero-order valence-corrected chi connectivity index (χ0v) is 23.5. The molecule has 4 aromatic rings. The molecule has 3 aromatic carbocycles. The van der Waals surface area contributed by atoms with Crippen LogP contribution < -0.4 is 15.8 Å². The van der Waals surface area contributed by atoms with Crippen molar-refractivity contribution in [3.8, 4) is 28.0 Å². The van der Waals surface area contributed by atoms with E-state index in [1.165, 1.54) is 6.07 Å². The number of benzene rings is 3. The summed E-state index contributed by atoms with van der Waals surface area (Å²) in [6, 6.07) is 19.5. The van der Waals surface area contributed by atoms with Gasteiger partial charge in [-0.15, -0.1) is 0 Å². The molecular formula is C32H33FN4O4. The Morgan fingerprint density at radius 3 is 2.44 bits per heavy atom. The first kappa shape index (κ1) is 28.2. The van der Waals surface area contributed by atoms with Crippen molar-refractivity contribution in [1.82, 2.24) is 15.0 Å². The van der Waals surface area contributed by atoms with Gasteiger partial charge in [-0.3, -0.25) is 9.36 Å². The molecule has 212 valence electrons. The highest BCUT2D eigenvalue weighted by Gasteiger charge is 2.21. The number of aliphatic hydroxyl groups excluding tert-OH is 1. The lowest BCUT2D eigenvalue weighted by atomic mass is 9.97. The molecule has 5 rings (SSSR count). The first-order valence-corrected chi connectivity index (χ1v) is 13.7. The Kier molecular flexibility index (Phi) is 8.28. The molecule has 1 aliphatic rings. The van der Waals surface area contributed by atoms with Crippen LogP contribution in [0.4, 0.5) is 4.39 Å². The zero-order chi connectivity index (χ0) is 29.1. The Labute approximate surface area is 238 Å². The number of ether oxygens (including phenoxy) is 1. The molecule has 0 saturated heterocycles.